The number of nitrogens with zero attached hydrogens (tertiary/aromatic N) is 3. The number of benzene rings is 1. The predicted molar refractivity (Wildman–Crippen MR) is 74.5 cm³/mol. The number of ether oxygens (including phenoxy) is 1. The van der Waals surface area contributed by atoms with Gasteiger partial charge in [0, 0.05) is 11.8 Å². The largest absolute Gasteiger partial charge is 0.494 e. The first-order valence-corrected chi connectivity index (χ1v) is 6.05. The molecule has 2 aromatic heterocycles. The van der Waals surface area contributed by atoms with Crippen molar-refractivity contribution in [2.24, 2.45) is 0 Å². The molecule has 5 nitrogen and oxygen atoms in total. The smallest absolute Gasteiger partial charge is 0.207 e. The Hall–Kier alpha value is -2.63. The zero-order chi connectivity index (χ0) is 14.3. The Morgan fingerprint density at radius 3 is 2.70 bits per heavy atom. The molecule has 3 aromatic rings. The number of aryl methyl sites for hydroxylation is 1. The molecule has 2 heterocycles. The van der Waals surface area contributed by atoms with Gasteiger partial charge in [-0.1, -0.05) is 0 Å². The maximum absolute atomic E-state index is 13.8. The second-order valence-electron chi connectivity index (χ2n) is 4.42. The molecule has 6 heteroatoms. The number of hydrogen-bond acceptors (Lipinski definition) is 4. The SMILES string of the molecule is COc1ccc(-n2c(N)nc3ccc(C)nc32)cc1F. The lowest BCUT2D eigenvalue weighted by Gasteiger charge is -2.08. The Morgan fingerprint density at radius 2 is 2.00 bits per heavy atom. The van der Waals surface area contributed by atoms with Crippen LogP contribution in [0, 0.1) is 12.7 Å². The molecule has 0 atom stereocenters. The van der Waals surface area contributed by atoms with E-state index in [4.69, 9.17) is 10.5 Å². The van der Waals surface area contributed by atoms with Crippen LogP contribution in [0.1, 0.15) is 5.69 Å². The number of halogens is 1. The van der Waals surface area contributed by atoms with Gasteiger partial charge >= 0.3 is 0 Å². The Bertz CT molecular complexity index is 797. The highest BCUT2D eigenvalue weighted by Gasteiger charge is 2.13. The van der Waals surface area contributed by atoms with Gasteiger partial charge in [0.15, 0.2) is 17.2 Å². The van der Waals surface area contributed by atoms with E-state index in [1.54, 1.807) is 16.7 Å². The van der Waals surface area contributed by atoms with Crippen LogP contribution in [0.5, 0.6) is 5.75 Å². The molecular weight excluding hydrogens is 259 g/mol. The van der Waals surface area contributed by atoms with E-state index in [9.17, 15) is 4.39 Å². The fourth-order valence-electron chi connectivity index (χ4n) is 2.12. The molecule has 0 bridgehead atoms. The summed E-state index contributed by atoms with van der Waals surface area (Å²) in [6.45, 7) is 1.88. The molecule has 3 rings (SSSR count). The summed E-state index contributed by atoms with van der Waals surface area (Å²) < 4.78 is 20.4. The second kappa shape index (κ2) is 4.48. The standard InChI is InChI=1S/C14H13FN4O/c1-8-3-5-11-13(17-8)19(14(16)18-11)9-4-6-12(20-2)10(15)7-9/h3-7H,1-2H3,(H2,16,18). The van der Waals surface area contributed by atoms with Gasteiger partial charge in [-0.25, -0.2) is 14.4 Å². The summed E-state index contributed by atoms with van der Waals surface area (Å²) in [5.41, 5.74) is 8.59. The number of imidazole rings is 1. The van der Waals surface area contributed by atoms with E-state index >= 15 is 0 Å². The Morgan fingerprint density at radius 1 is 1.20 bits per heavy atom. The number of hydrogen-bond donors (Lipinski definition) is 1. The Balaban J connectivity index is 2.26. The maximum atomic E-state index is 13.8. The summed E-state index contributed by atoms with van der Waals surface area (Å²) in [5.74, 6) is -0.0116. The van der Waals surface area contributed by atoms with Crippen molar-refractivity contribution in [1.82, 2.24) is 14.5 Å². The highest BCUT2D eigenvalue weighted by Crippen LogP contribution is 2.25. The molecule has 0 radical (unpaired) electrons. The average molecular weight is 272 g/mol. The minimum atomic E-state index is -0.459. The number of methoxy groups -OCH3 is 1. The van der Waals surface area contributed by atoms with E-state index in [0.717, 1.165) is 5.69 Å². The van der Waals surface area contributed by atoms with Crippen LogP contribution >= 0.6 is 0 Å². The van der Waals surface area contributed by atoms with Gasteiger partial charge in [-0.15, -0.1) is 0 Å². The third-order valence-electron chi connectivity index (χ3n) is 3.06. The molecule has 0 aliphatic rings. The van der Waals surface area contributed by atoms with Crippen molar-refractivity contribution in [1.29, 1.82) is 0 Å². The van der Waals surface area contributed by atoms with Gasteiger partial charge < -0.3 is 10.5 Å². The molecule has 2 N–H and O–H groups in total. The van der Waals surface area contributed by atoms with Crippen molar-refractivity contribution in [2.75, 3.05) is 12.8 Å². The van der Waals surface area contributed by atoms with E-state index < -0.39 is 5.82 Å². The fourth-order valence-corrected chi connectivity index (χ4v) is 2.12. The van der Waals surface area contributed by atoms with Gasteiger partial charge in [-0.05, 0) is 31.2 Å². The van der Waals surface area contributed by atoms with E-state index in [-0.39, 0.29) is 11.7 Å². The highest BCUT2D eigenvalue weighted by molar-refractivity contribution is 5.77. The number of anilines is 1. The van der Waals surface area contributed by atoms with Crippen LogP contribution in [0.25, 0.3) is 16.9 Å². The van der Waals surface area contributed by atoms with Crippen LogP contribution in [0.2, 0.25) is 0 Å². The van der Waals surface area contributed by atoms with E-state index in [2.05, 4.69) is 9.97 Å². The molecular formula is C14H13FN4O. The first-order chi connectivity index (χ1) is 9.60. The molecule has 0 saturated carbocycles. The van der Waals surface area contributed by atoms with Crippen LogP contribution in [-0.2, 0) is 0 Å². The summed E-state index contributed by atoms with van der Waals surface area (Å²) in [5, 5.41) is 0. The maximum Gasteiger partial charge on any atom is 0.207 e. The minimum Gasteiger partial charge on any atom is -0.494 e. The highest BCUT2D eigenvalue weighted by atomic mass is 19.1. The Labute approximate surface area is 114 Å². The molecule has 0 spiro atoms. The van der Waals surface area contributed by atoms with Gasteiger partial charge in [0.1, 0.15) is 5.52 Å². The number of aromatic nitrogens is 3. The lowest BCUT2D eigenvalue weighted by atomic mass is 10.3. The molecule has 0 saturated heterocycles. The van der Waals surface area contributed by atoms with Crippen molar-refractivity contribution < 1.29 is 9.13 Å². The number of rotatable bonds is 2. The predicted octanol–water partition coefficient (Wildman–Crippen LogP) is 2.46. The van der Waals surface area contributed by atoms with Gasteiger partial charge in [-0.2, -0.15) is 0 Å². The zero-order valence-electron chi connectivity index (χ0n) is 11.1. The lowest BCUT2D eigenvalue weighted by Crippen LogP contribution is -2.02. The quantitative estimate of drug-likeness (QED) is 0.778. The monoisotopic (exact) mass is 272 g/mol. The number of nitrogens with two attached hydrogens (primary N) is 1. The molecule has 20 heavy (non-hydrogen) atoms. The third kappa shape index (κ3) is 1.85. The average Bonchev–Trinajstić information content (AvgIpc) is 2.74. The second-order valence-corrected chi connectivity index (χ2v) is 4.42. The van der Waals surface area contributed by atoms with Gasteiger partial charge in [0.2, 0.25) is 5.95 Å². The van der Waals surface area contributed by atoms with Crippen LogP contribution in [0.3, 0.4) is 0 Å². The van der Waals surface area contributed by atoms with Crippen molar-refractivity contribution in [3.8, 4) is 11.4 Å². The van der Waals surface area contributed by atoms with Crippen molar-refractivity contribution in [2.45, 2.75) is 6.92 Å². The normalized spacial score (nSPS) is 10.9. The van der Waals surface area contributed by atoms with Gasteiger partial charge in [0.05, 0.1) is 12.8 Å². The van der Waals surface area contributed by atoms with E-state index in [1.807, 2.05) is 19.1 Å². The number of pyridine rings is 1. The van der Waals surface area contributed by atoms with E-state index in [0.29, 0.717) is 16.9 Å². The first kappa shape index (κ1) is 12.4. The number of fused-ring (bicyclic) bond motifs is 1. The van der Waals surface area contributed by atoms with Crippen LogP contribution in [-0.4, -0.2) is 21.6 Å². The minimum absolute atomic E-state index is 0.181. The Kier molecular flexibility index (Phi) is 2.78. The van der Waals surface area contributed by atoms with Crippen LogP contribution < -0.4 is 10.5 Å². The molecule has 1 aromatic carbocycles. The molecule has 0 unspecified atom stereocenters. The molecule has 0 aliphatic carbocycles. The first-order valence-electron chi connectivity index (χ1n) is 6.05. The summed E-state index contributed by atoms with van der Waals surface area (Å²) in [7, 11) is 1.42. The molecule has 102 valence electrons. The van der Waals surface area contributed by atoms with Crippen LogP contribution in [0.15, 0.2) is 30.3 Å². The van der Waals surface area contributed by atoms with Gasteiger partial charge in [-0.3, -0.25) is 4.57 Å². The van der Waals surface area contributed by atoms with Gasteiger partial charge in [0.25, 0.3) is 0 Å². The lowest BCUT2D eigenvalue weighted by molar-refractivity contribution is 0.386. The van der Waals surface area contributed by atoms with Crippen LogP contribution in [0.4, 0.5) is 10.3 Å². The molecule has 0 amide bonds. The summed E-state index contributed by atoms with van der Waals surface area (Å²) in [6, 6.07) is 8.30. The summed E-state index contributed by atoms with van der Waals surface area (Å²) in [6.07, 6.45) is 0. The molecule has 0 fully saturated rings. The van der Waals surface area contributed by atoms with Crippen molar-refractivity contribution in [3.63, 3.8) is 0 Å². The van der Waals surface area contributed by atoms with Crippen molar-refractivity contribution >= 4 is 17.1 Å². The van der Waals surface area contributed by atoms with E-state index in [1.165, 1.54) is 13.2 Å². The zero-order valence-corrected chi connectivity index (χ0v) is 11.1. The third-order valence-corrected chi connectivity index (χ3v) is 3.06. The molecule has 0 aliphatic heterocycles. The number of nitrogen functional groups attached to an aromatic ring is 1. The fraction of sp³-hybridized carbons (Fsp3) is 0.143. The summed E-state index contributed by atoms with van der Waals surface area (Å²) >= 11 is 0. The van der Waals surface area contributed by atoms with Crippen molar-refractivity contribution in [3.05, 3.63) is 41.8 Å². The summed E-state index contributed by atoms with van der Waals surface area (Å²) in [4.78, 5) is 8.64. The topological polar surface area (TPSA) is 66.0 Å².